The van der Waals surface area contributed by atoms with Crippen LogP contribution in [0.15, 0.2) is 91.0 Å². The molecule has 2 N–H and O–H groups in total. The summed E-state index contributed by atoms with van der Waals surface area (Å²) in [6, 6.07) is 26.9. The average Bonchev–Trinajstić information content (AvgIpc) is 2.79. The van der Waals surface area contributed by atoms with Crippen LogP contribution in [0, 0.1) is 0 Å². The Balaban J connectivity index is 1.73. The number of anilines is 1. The molecule has 3 aromatic carbocycles. The summed E-state index contributed by atoms with van der Waals surface area (Å²) < 4.78 is 0. The summed E-state index contributed by atoms with van der Waals surface area (Å²) in [5.41, 5.74) is 0.692. The van der Waals surface area contributed by atoms with Crippen molar-refractivity contribution in [3.05, 3.63) is 108 Å². The Morgan fingerprint density at radius 2 is 1.55 bits per heavy atom. The Morgan fingerprint density at radius 1 is 0.871 bits per heavy atom. The molecule has 0 aliphatic rings. The lowest BCUT2D eigenvalue weighted by molar-refractivity contribution is -0.135. The fourth-order valence-corrected chi connectivity index (χ4v) is 3.62. The maximum absolute atomic E-state index is 13.4. The molecule has 0 bridgehead atoms. The average molecular weight is 410 g/mol. The molecular formula is C26H22N2O3. The molecule has 0 radical (unpaired) electrons. The topological polar surface area (TPSA) is 79.3 Å². The highest BCUT2D eigenvalue weighted by atomic mass is 16.3. The summed E-state index contributed by atoms with van der Waals surface area (Å²) in [6.07, 6.45) is -0.0179. The summed E-state index contributed by atoms with van der Waals surface area (Å²) in [4.78, 5) is 30.0. The van der Waals surface area contributed by atoms with E-state index < -0.39 is 11.5 Å². The molecule has 5 heteroatoms. The minimum Gasteiger partial charge on any atom is -0.375 e. The molecule has 0 aliphatic carbocycles. The van der Waals surface area contributed by atoms with E-state index in [1.165, 1.54) is 6.92 Å². The highest BCUT2D eigenvalue weighted by molar-refractivity contribution is 6.05. The van der Waals surface area contributed by atoms with E-state index >= 15 is 0 Å². The third kappa shape index (κ3) is 4.22. The Labute approximate surface area is 180 Å². The minimum atomic E-state index is -1.87. The van der Waals surface area contributed by atoms with Crippen LogP contribution in [-0.4, -0.2) is 21.8 Å². The van der Waals surface area contributed by atoms with Crippen LogP contribution in [0.5, 0.6) is 0 Å². The fraction of sp³-hybridized carbons (Fsp3) is 0.115. The zero-order valence-electron chi connectivity index (χ0n) is 17.1. The number of fused-ring (bicyclic) bond motifs is 1. The van der Waals surface area contributed by atoms with Gasteiger partial charge in [0.25, 0.3) is 5.91 Å². The van der Waals surface area contributed by atoms with E-state index in [4.69, 9.17) is 0 Å². The monoisotopic (exact) mass is 410 g/mol. The molecule has 31 heavy (non-hydrogen) atoms. The van der Waals surface area contributed by atoms with Crippen LogP contribution in [0.1, 0.15) is 28.5 Å². The molecule has 154 valence electrons. The molecule has 1 unspecified atom stereocenters. The predicted molar refractivity (Wildman–Crippen MR) is 121 cm³/mol. The van der Waals surface area contributed by atoms with Gasteiger partial charge in [-0.3, -0.25) is 14.6 Å². The zero-order chi connectivity index (χ0) is 21.8. The van der Waals surface area contributed by atoms with Crippen molar-refractivity contribution >= 4 is 28.3 Å². The number of aromatic nitrogens is 1. The van der Waals surface area contributed by atoms with E-state index in [1.54, 1.807) is 48.5 Å². The number of Topliss-reactive ketones (excluding diaryl/α,β-unsaturated/α-hetero) is 1. The van der Waals surface area contributed by atoms with Crippen molar-refractivity contribution in [2.24, 2.45) is 0 Å². The van der Waals surface area contributed by atoms with Crippen molar-refractivity contribution in [2.45, 2.75) is 18.9 Å². The summed E-state index contributed by atoms with van der Waals surface area (Å²) in [5, 5.41) is 15.4. The maximum Gasteiger partial charge on any atom is 0.261 e. The van der Waals surface area contributed by atoms with Crippen LogP contribution >= 0.6 is 0 Å². The van der Waals surface area contributed by atoms with Gasteiger partial charge in [0.1, 0.15) is 0 Å². The van der Waals surface area contributed by atoms with Gasteiger partial charge in [-0.05, 0) is 36.8 Å². The largest absolute Gasteiger partial charge is 0.375 e. The molecule has 0 fully saturated rings. The lowest BCUT2D eigenvalue weighted by Crippen LogP contribution is -2.42. The maximum atomic E-state index is 13.4. The number of nitrogens with one attached hydrogen (secondary N) is 1. The number of benzene rings is 3. The number of aliphatic hydroxyl groups is 1. The first-order chi connectivity index (χ1) is 15.0. The zero-order valence-corrected chi connectivity index (χ0v) is 17.1. The number of carbonyl (C=O) groups is 2. The molecular weight excluding hydrogens is 388 g/mol. The van der Waals surface area contributed by atoms with Crippen LogP contribution in [-0.2, 0) is 16.8 Å². The number of para-hydroxylation sites is 2. The standard InChI is InChI=1S/C26H22N2O3/c1-18(29)22-12-6-8-14-24(22)28-25(30)26(31,20-10-3-2-4-11-20)17-21-16-15-19-9-5-7-13-23(19)27-21/h2-16,31H,17H2,1H3,(H,28,30). The molecule has 1 atom stereocenters. The second kappa shape index (κ2) is 8.50. The number of hydrogen-bond donors (Lipinski definition) is 2. The summed E-state index contributed by atoms with van der Waals surface area (Å²) in [6.45, 7) is 1.44. The Bertz CT molecular complexity index is 1250. The lowest BCUT2D eigenvalue weighted by atomic mass is 9.87. The van der Waals surface area contributed by atoms with Gasteiger partial charge in [-0.2, -0.15) is 0 Å². The second-order valence-electron chi connectivity index (χ2n) is 7.45. The van der Waals surface area contributed by atoms with Gasteiger partial charge >= 0.3 is 0 Å². The third-order valence-corrected chi connectivity index (χ3v) is 5.27. The molecule has 0 saturated heterocycles. The Hall–Kier alpha value is -3.83. The number of hydrogen-bond acceptors (Lipinski definition) is 4. The van der Waals surface area contributed by atoms with Gasteiger partial charge in [-0.1, -0.05) is 66.7 Å². The van der Waals surface area contributed by atoms with Gasteiger partial charge in [-0.15, -0.1) is 0 Å². The van der Waals surface area contributed by atoms with Crippen LogP contribution in [0.25, 0.3) is 10.9 Å². The van der Waals surface area contributed by atoms with E-state index in [1.807, 2.05) is 42.5 Å². The number of amides is 1. The quantitative estimate of drug-likeness (QED) is 0.459. The third-order valence-electron chi connectivity index (χ3n) is 5.27. The van der Waals surface area contributed by atoms with Crippen molar-refractivity contribution in [1.82, 2.24) is 4.98 Å². The molecule has 1 heterocycles. The van der Waals surface area contributed by atoms with Crippen LogP contribution in [0.4, 0.5) is 5.69 Å². The molecule has 5 nitrogen and oxygen atoms in total. The highest BCUT2D eigenvalue weighted by Crippen LogP contribution is 2.29. The molecule has 0 aliphatic heterocycles. The normalized spacial score (nSPS) is 12.8. The first-order valence-corrected chi connectivity index (χ1v) is 10.0. The number of rotatable bonds is 6. The molecule has 4 aromatic rings. The van der Waals surface area contributed by atoms with Crippen molar-refractivity contribution in [3.8, 4) is 0 Å². The van der Waals surface area contributed by atoms with Gasteiger partial charge < -0.3 is 10.4 Å². The second-order valence-corrected chi connectivity index (χ2v) is 7.45. The summed E-state index contributed by atoms with van der Waals surface area (Å²) in [7, 11) is 0. The van der Waals surface area contributed by atoms with E-state index in [0.29, 0.717) is 22.5 Å². The van der Waals surface area contributed by atoms with Gasteiger partial charge in [0.15, 0.2) is 11.4 Å². The first-order valence-electron chi connectivity index (χ1n) is 10.0. The number of nitrogens with zero attached hydrogens (tertiary/aromatic N) is 1. The summed E-state index contributed by atoms with van der Waals surface area (Å²) >= 11 is 0. The van der Waals surface area contributed by atoms with Crippen LogP contribution < -0.4 is 5.32 Å². The highest BCUT2D eigenvalue weighted by Gasteiger charge is 2.39. The first kappa shape index (κ1) is 20.4. The molecule has 0 saturated carbocycles. The van der Waals surface area contributed by atoms with E-state index in [-0.39, 0.29) is 12.2 Å². The van der Waals surface area contributed by atoms with Gasteiger partial charge in [-0.25, -0.2) is 0 Å². The fourth-order valence-electron chi connectivity index (χ4n) is 3.62. The van der Waals surface area contributed by atoms with Gasteiger partial charge in [0.05, 0.1) is 11.2 Å². The number of carbonyl (C=O) groups excluding carboxylic acids is 2. The molecule has 4 rings (SSSR count). The van der Waals surface area contributed by atoms with Crippen LogP contribution in [0.3, 0.4) is 0 Å². The molecule has 0 spiro atoms. The predicted octanol–water partition coefficient (Wildman–Crippen LogP) is 4.51. The lowest BCUT2D eigenvalue weighted by Gasteiger charge is -2.28. The van der Waals surface area contributed by atoms with Crippen molar-refractivity contribution in [1.29, 1.82) is 0 Å². The Morgan fingerprint density at radius 3 is 2.32 bits per heavy atom. The van der Waals surface area contributed by atoms with Crippen molar-refractivity contribution in [2.75, 3.05) is 5.32 Å². The summed E-state index contributed by atoms with van der Waals surface area (Å²) in [5.74, 6) is -0.794. The SMILES string of the molecule is CC(=O)c1ccccc1NC(=O)C(O)(Cc1ccc2ccccc2n1)c1ccccc1. The Kier molecular flexibility index (Phi) is 5.60. The minimum absolute atomic E-state index is 0.0179. The van der Waals surface area contributed by atoms with E-state index in [9.17, 15) is 14.7 Å². The number of ketones is 1. The number of pyridine rings is 1. The molecule has 1 amide bonds. The van der Waals surface area contributed by atoms with Crippen molar-refractivity contribution in [3.63, 3.8) is 0 Å². The van der Waals surface area contributed by atoms with E-state index in [2.05, 4.69) is 10.3 Å². The molecule has 1 aromatic heterocycles. The van der Waals surface area contributed by atoms with Crippen molar-refractivity contribution < 1.29 is 14.7 Å². The van der Waals surface area contributed by atoms with Gasteiger partial charge in [0, 0.05) is 23.1 Å². The van der Waals surface area contributed by atoms with E-state index in [0.717, 1.165) is 10.9 Å². The van der Waals surface area contributed by atoms with Crippen LogP contribution in [0.2, 0.25) is 0 Å². The van der Waals surface area contributed by atoms with Gasteiger partial charge in [0.2, 0.25) is 0 Å². The smallest absolute Gasteiger partial charge is 0.261 e.